The van der Waals surface area contributed by atoms with Gasteiger partial charge < -0.3 is 30.3 Å². The van der Waals surface area contributed by atoms with E-state index in [1.54, 1.807) is 42.7 Å². The molecule has 2 heterocycles. The van der Waals surface area contributed by atoms with Gasteiger partial charge in [-0.2, -0.15) is 0 Å². The van der Waals surface area contributed by atoms with Crippen molar-refractivity contribution in [2.45, 2.75) is 58.8 Å². The molecule has 0 radical (unpaired) electrons. The van der Waals surface area contributed by atoms with Crippen LogP contribution in [0, 0.1) is 17.5 Å². The number of carbonyl (C=O) groups excluding carboxylic acids is 4. The van der Waals surface area contributed by atoms with Gasteiger partial charge in [-0.05, 0) is 74.9 Å². The molecule has 0 aromatic heterocycles. The zero-order valence-electron chi connectivity index (χ0n) is 31.7. The molecular formula is C40H42Cl2F3N5O7. The Morgan fingerprint density at radius 2 is 1.26 bits per heavy atom. The van der Waals surface area contributed by atoms with Gasteiger partial charge in [-0.1, -0.05) is 35.3 Å². The van der Waals surface area contributed by atoms with E-state index < -0.39 is 29.3 Å². The molecular weight excluding hydrogens is 790 g/mol. The van der Waals surface area contributed by atoms with Gasteiger partial charge >= 0.3 is 12.1 Å². The summed E-state index contributed by atoms with van der Waals surface area (Å²) in [5, 5.41) is 13.2. The number of nitrogens with zero attached hydrogens (tertiary/aromatic N) is 3. The molecule has 0 spiro atoms. The van der Waals surface area contributed by atoms with E-state index >= 15 is 0 Å². The minimum absolute atomic E-state index is 0.152. The normalized spacial score (nSPS) is 16.9. The van der Waals surface area contributed by atoms with Crippen molar-refractivity contribution >= 4 is 76.5 Å². The molecule has 2 saturated heterocycles. The summed E-state index contributed by atoms with van der Waals surface area (Å²) in [6, 6.07) is 10.3. The van der Waals surface area contributed by atoms with E-state index in [0.29, 0.717) is 25.2 Å². The van der Waals surface area contributed by atoms with Crippen LogP contribution in [-0.2, 0) is 30.5 Å². The number of amides is 4. The number of hydrogen-bond donors (Lipinski definition) is 3. The number of benzene rings is 3. The topological polar surface area (TPSA) is 149 Å². The van der Waals surface area contributed by atoms with Gasteiger partial charge in [-0.3, -0.25) is 19.3 Å². The summed E-state index contributed by atoms with van der Waals surface area (Å²) >= 11 is 11.5. The van der Waals surface area contributed by atoms with Gasteiger partial charge in [0.05, 0.1) is 22.1 Å². The van der Waals surface area contributed by atoms with Gasteiger partial charge in [0.15, 0.2) is 0 Å². The van der Waals surface area contributed by atoms with Crippen molar-refractivity contribution < 1.29 is 47.0 Å². The molecule has 4 amide bonds. The highest BCUT2D eigenvalue weighted by molar-refractivity contribution is 6.31. The number of carbonyl (C=O) groups is 5. The third kappa shape index (κ3) is 13.1. The number of rotatable bonds is 8. The highest BCUT2D eigenvalue weighted by atomic mass is 35.5. The molecule has 304 valence electrons. The number of carboxylic acid groups (broad SMARTS) is 1. The average Bonchev–Trinajstić information content (AvgIpc) is 3.09. The number of nitrogens with one attached hydrogen (secondary N) is 2. The lowest BCUT2D eigenvalue weighted by Crippen LogP contribution is -2.70. The molecule has 57 heavy (non-hydrogen) atoms. The molecule has 17 heteroatoms. The summed E-state index contributed by atoms with van der Waals surface area (Å²) in [6.07, 6.45) is 4.36. The fraction of sp³-hybridized carbons (Fsp3) is 0.325. The number of ether oxygens (including phenoxy) is 1. The lowest BCUT2D eigenvalue weighted by molar-refractivity contribution is -0.141. The first kappa shape index (κ1) is 44.3. The summed E-state index contributed by atoms with van der Waals surface area (Å²) in [7, 11) is 0. The first-order valence-corrected chi connectivity index (χ1v) is 18.3. The Morgan fingerprint density at radius 3 is 1.70 bits per heavy atom. The predicted molar refractivity (Wildman–Crippen MR) is 211 cm³/mol. The zero-order chi connectivity index (χ0) is 42.2. The van der Waals surface area contributed by atoms with Crippen molar-refractivity contribution in [3.8, 4) is 0 Å². The minimum Gasteiger partial charge on any atom is -0.478 e. The van der Waals surface area contributed by atoms with Gasteiger partial charge in [0.25, 0.3) is 0 Å². The van der Waals surface area contributed by atoms with Crippen molar-refractivity contribution in [3.05, 3.63) is 105 Å². The maximum Gasteiger partial charge on any atom is 0.410 e. The Balaban J connectivity index is 0.000000355. The van der Waals surface area contributed by atoms with Gasteiger partial charge in [-0.15, -0.1) is 0 Å². The van der Waals surface area contributed by atoms with Crippen LogP contribution in [0.3, 0.4) is 0 Å². The zero-order valence-corrected chi connectivity index (χ0v) is 33.3. The lowest BCUT2D eigenvalue weighted by Gasteiger charge is -2.52. The van der Waals surface area contributed by atoms with Crippen LogP contribution in [-0.4, -0.2) is 93.5 Å². The second-order valence-corrected chi connectivity index (χ2v) is 15.1. The third-order valence-electron chi connectivity index (χ3n) is 8.43. The Labute approximate surface area is 337 Å². The Hall–Kier alpha value is -5.38. The fourth-order valence-electron chi connectivity index (χ4n) is 6.24. The van der Waals surface area contributed by atoms with Crippen LogP contribution in [0.4, 0.5) is 29.3 Å². The Morgan fingerprint density at radius 1 is 0.789 bits per heavy atom. The number of piperazine rings is 2. The molecule has 2 aliphatic rings. The van der Waals surface area contributed by atoms with Crippen molar-refractivity contribution in [2.24, 2.45) is 0 Å². The number of hydrogen-bond acceptors (Lipinski definition) is 7. The summed E-state index contributed by atoms with van der Waals surface area (Å²) in [5.74, 6) is -3.88. The standard InChI is InChI=1S/C29H33ClF2N4O4.C11H9ClFNO3/c1-18(37)33-26-12-24(30)25(32)11-20(26)7-10-27(38)36-22-14-34(13-19-5-8-21(31)9-6-19)15-23(36)17-35(16-22)28(39)40-29(2,3)4;1-6(15)14-10-5-8(12)9(13)4-7(10)2-3-11(16)17/h5-12,22-23H,13-17H2,1-4H3,(H,33,37);2-5H,1H3,(H,14,15)(H,16,17)/b10-7+;3-2+. The van der Waals surface area contributed by atoms with Crippen molar-refractivity contribution in [1.29, 1.82) is 0 Å². The maximum absolute atomic E-state index is 14.2. The molecule has 12 nitrogen and oxygen atoms in total. The Kier molecular flexibility index (Phi) is 14.9. The summed E-state index contributed by atoms with van der Waals surface area (Å²) in [6.45, 7) is 10.1. The van der Waals surface area contributed by atoms with Crippen LogP contribution >= 0.6 is 23.2 Å². The number of aliphatic carboxylic acids is 1. The van der Waals surface area contributed by atoms with E-state index in [1.165, 1.54) is 56.3 Å². The van der Waals surface area contributed by atoms with E-state index in [0.717, 1.165) is 23.8 Å². The molecule has 5 rings (SSSR count). The highest BCUT2D eigenvalue weighted by Gasteiger charge is 2.44. The van der Waals surface area contributed by atoms with Gasteiger partial charge in [0, 0.05) is 81.2 Å². The largest absolute Gasteiger partial charge is 0.478 e. The second-order valence-electron chi connectivity index (χ2n) is 14.3. The van der Waals surface area contributed by atoms with Gasteiger partial charge in [0.2, 0.25) is 17.7 Å². The van der Waals surface area contributed by atoms with Crippen LogP contribution in [0.25, 0.3) is 12.2 Å². The summed E-state index contributed by atoms with van der Waals surface area (Å²) in [4.78, 5) is 64.9. The van der Waals surface area contributed by atoms with Crippen LogP contribution in [0.2, 0.25) is 10.0 Å². The number of halogens is 5. The van der Waals surface area contributed by atoms with E-state index in [9.17, 15) is 37.1 Å². The van der Waals surface area contributed by atoms with Gasteiger partial charge in [-0.25, -0.2) is 22.8 Å². The van der Waals surface area contributed by atoms with Crippen LogP contribution in [0.5, 0.6) is 0 Å². The molecule has 2 aliphatic heterocycles. The van der Waals surface area contributed by atoms with E-state index in [4.69, 9.17) is 33.0 Å². The third-order valence-corrected chi connectivity index (χ3v) is 9.01. The van der Waals surface area contributed by atoms with Crippen molar-refractivity contribution in [2.75, 3.05) is 36.8 Å². The molecule has 3 N–H and O–H groups in total. The highest BCUT2D eigenvalue weighted by Crippen LogP contribution is 2.29. The molecule has 3 aromatic carbocycles. The van der Waals surface area contributed by atoms with E-state index in [2.05, 4.69) is 15.5 Å². The molecule has 0 saturated carbocycles. The van der Waals surface area contributed by atoms with E-state index in [-0.39, 0.29) is 75.7 Å². The monoisotopic (exact) mass is 831 g/mol. The summed E-state index contributed by atoms with van der Waals surface area (Å²) in [5.41, 5.74) is 1.34. The first-order valence-electron chi connectivity index (χ1n) is 17.6. The molecule has 2 fully saturated rings. The molecule has 2 bridgehead atoms. The molecule has 3 aromatic rings. The maximum atomic E-state index is 14.2. The quantitative estimate of drug-likeness (QED) is 0.198. The molecule has 2 atom stereocenters. The first-order chi connectivity index (χ1) is 26.7. The molecule has 2 unspecified atom stereocenters. The predicted octanol–water partition coefficient (Wildman–Crippen LogP) is 7.46. The lowest BCUT2D eigenvalue weighted by atomic mass is 9.99. The number of carboxylic acids is 1. The summed E-state index contributed by atoms with van der Waals surface area (Å²) < 4.78 is 46.4. The molecule has 0 aliphatic carbocycles. The van der Waals surface area contributed by atoms with Crippen molar-refractivity contribution in [1.82, 2.24) is 14.7 Å². The Bertz CT molecular complexity index is 2060. The SMILES string of the molecule is CC(=O)Nc1cc(Cl)c(F)cc1/C=C/C(=O)N1C2CN(Cc3ccc(F)cc3)CC1CN(C(=O)OC(C)(C)C)C2.CC(=O)Nc1cc(Cl)c(F)cc1/C=C/C(=O)O. The van der Waals surface area contributed by atoms with Gasteiger partial charge in [0.1, 0.15) is 23.1 Å². The van der Waals surface area contributed by atoms with Crippen LogP contribution < -0.4 is 10.6 Å². The fourth-order valence-corrected chi connectivity index (χ4v) is 6.56. The smallest absolute Gasteiger partial charge is 0.410 e. The van der Waals surface area contributed by atoms with Crippen LogP contribution in [0.15, 0.2) is 60.7 Å². The van der Waals surface area contributed by atoms with E-state index in [1.807, 2.05) is 0 Å². The minimum atomic E-state index is -1.17. The number of anilines is 2. The van der Waals surface area contributed by atoms with Crippen molar-refractivity contribution in [3.63, 3.8) is 0 Å². The van der Waals surface area contributed by atoms with Crippen LogP contribution in [0.1, 0.15) is 51.3 Å². The average molecular weight is 833 g/mol. The second kappa shape index (κ2) is 19.2. The number of fused-ring (bicyclic) bond motifs is 2.